The summed E-state index contributed by atoms with van der Waals surface area (Å²) in [5.41, 5.74) is 1.10. The highest BCUT2D eigenvalue weighted by Crippen LogP contribution is 2.54. The van der Waals surface area contributed by atoms with Gasteiger partial charge in [-0.3, -0.25) is 10.1 Å². The van der Waals surface area contributed by atoms with Gasteiger partial charge in [0.1, 0.15) is 5.01 Å². The lowest BCUT2D eigenvalue weighted by Gasteiger charge is -2.11. The summed E-state index contributed by atoms with van der Waals surface area (Å²) in [5, 5.41) is 12.1. The van der Waals surface area contributed by atoms with Crippen molar-refractivity contribution in [1.82, 2.24) is 14.9 Å². The van der Waals surface area contributed by atoms with E-state index in [4.69, 9.17) is 0 Å². The molecule has 1 aliphatic carbocycles. The molecule has 1 aliphatic rings. The fourth-order valence-corrected chi connectivity index (χ4v) is 4.33. The van der Waals surface area contributed by atoms with E-state index in [2.05, 4.69) is 32.4 Å². The maximum Gasteiger partial charge on any atom is 0.244 e. The number of hydrogen-bond donors (Lipinski definition) is 2. The minimum Gasteiger partial charge on any atom is -0.299 e. The second-order valence-electron chi connectivity index (χ2n) is 5.96. The van der Waals surface area contributed by atoms with Gasteiger partial charge in [-0.25, -0.2) is 13.1 Å². The number of benzene rings is 1. The van der Waals surface area contributed by atoms with Crippen molar-refractivity contribution in [3.05, 3.63) is 40.9 Å². The third-order valence-corrected chi connectivity index (χ3v) is 5.75. The van der Waals surface area contributed by atoms with Gasteiger partial charge in [-0.15, -0.1) is 10.2 Å². The molecule has 1 fully saturated rings. The Labute approximate surface area is 144 Å². The molecule has 1 aromatic carbocycles. The van der Waals surface area contributed by atoms with Gasteiger partial charge in [0.05, 0.1) is 12.3 Å². The van der Waals surface area contributed by atoms with E-state index < -0.39 is 22.0 Å². The zero-order valence-corrected chi connectivity index (χ0v) is 14.9. The first-order valence-corrected chi connectivity index (χ1v) is 10.2. The molecule has 0 aliphatic heterocycles. The first-order chi connectivity index (χ1) is 11.3. The van der Waals surface area contributed by atoms with Gasteiger partial charge in [-0.05, 0) is 25.3 Å². The lowest BCUT2D eigenvalue weighted by molar-refractivity contribution is -0.117. The van der Waals surface area contributed by atoms with Gasteiger partial charge in [-0.2, -0.15) is 0 Å². The van der Waals surface area contributed by atoms with Crippen LogP contribution in [0.5, 0.6) is 0 Å². The molecule has 0 saturated heterocycles. The number of anilines is 1. The number of nitrogens with one attached hydrogen (secondary N) is 2. The fourth-order valence-electron chi connectivity index (χ4n) is 2.56. The molecule has 0 radical (unpaired) electrons. The predicted octanol–water partition coefficient (Wildman–Crippen LogP) is 1.49. The van der Waals surface area contributed by atoms with E-state index in [0.717, 1.165) is 24.1 Å². The van der Waals surface area contributed by atoms with Crippen LogP contribution in [0.25, 0.3) is 0 Å². The van der Waals surface area contributed by atoms with E-state index in [1.165, 1.54) is 23.8 Å². The molecular weight excluding hydrogens is 348 g/mol. The number of nitrogens with zero attached hydrogens (tertiary/aromatic N) is 2. The summed E-state index contributed by atoms with van der Waals surface area (Å²) < 4.78 is 24.6. The number of carbonyl (C=O) groups excluding carboxylic acids is 1. The molecule has 24 heavy (non-hydrogen) atoms. The number of sulfonamides is 1. The van der Waals surface area contributed by atoms with E-state index >= 15 is 0 Å². The zero-order valence-electron chi connectivity index (χ0n) is 13.3. The van der Waals surface area contributed by atoms with Gasteiger partial charge >= 0.3 is 0 Å². The van der Waals surface area contributed by atoms with E-state index in [9.17, 15) is 13.2 Å². The molecule has 9 heteroatoms. The van der Waals surface area contributed by atoms with E-state index in [0.29, 0.717) is 5.13 Å². The van der Waals surface area contributed by atoms with Crippen LogP contribution in [-0.4, -0.2) is 36.8 Å². The van der Waals surface area contributed by atoms with Crippen LogP contribution in [0.4, 0.5) is 5.13 Å². The van der Waals surface area contributed by atoms with Crippen LogP contribution in [0, 0.1) is 0 Å². The molecule has 1 heterocycles. The van der Waals surface area contributed by atoms with Gasteiger partial charge in [0.25, 0.3) is 0 Å². The Hall–Kier alpha value is -1.84. The highest BCUT2D eigenvalue weighted by molar-refractivity contribution is 7.88. The summed E-state index contributed by atoms with van der Waals surface area (Å²) in [6.45, 7) is 1.48. The van der Waals surface area contributed by atoms with Gasteiger partial charge in [0.2, 0.25) is 21.1 Å². The topological polar surface area (TPSA) is 101 Å². The highest BCUT2D eigenvalue weighted by Gasteiger charge is 2.48. The molecule has 1 atom stereocenters. The molecule has 2 N–H and O–H groups in total. The van der Waals surface area contributed by atoms with Crippen LogP contribution >= 0.6 is 11.3 Å². The highest BCUT2D eigenvalue weighted by atomic mass is 32.2. The Bertz CT molecular complexity index is 845. The summed E-state index contributed by atoms with van der Waals surface area (Å²) in [5.74, 6) is -0.465. The van der Waals surface area contributed by atoms with Gasteiger partial charge in [0.15, 0.2) is 0 Å². The summed E-state index contributed by atoms with van der Waals surface area (Å²) in [6.07, 6.45) is 3.02. The number of hydrogen-bond acceptors (Lipinski definition) is 6. The molecule has 1 unspecified atom stereocenters. The van der Waals surface area contributed by atoms with Crippen LogP contribution < -0.4 is 10.0 Å². The molecule has 2 aromatic rings. The largest absolute Gasteiger partial charge is 0.299 e. The van der Waals surface area contributed by atoms with Crippen LogP contribution in [-0.2, 0) is 20.2 Å². The van der Waals surface area contributed by atoms with Crippen molar-refractivity contribution in [1.29, 1.82) is 0 Å². The average Bonchev–Trinajstić information content (AvgIpc) is 3.20. The second kappa shape index (κ2) is 6.23. The van der Waals surface area contributed by atoms with Gasteiger partial charge in [0, 0.05) is 5.41 Å². The quantitative estimate of drug-likeness (QED) is 0.807. The molecule has 1 amide bonds. The normalized spacial score (nSPS) is 17.2. The smallest absolute Gasteiger partial charge is 0.244 e. The number of aromatic nitrogens is 2. The number of rotatable bonds is 6. The maximum absolute atomic E-state index is 12.0. The predicted molar refractivity (Wildman–Crippen MR) is 92.4 cm³/mol. The first kappa shape index (κ1) is 17.0. The minimum atomic E-state index is -3.45. The van der Waals surface area contributed by atoms with Gasteiger partial charge < -0.3 is 0 Å². The summed E-state index contributed by atoms with van der Waals surface area (Å²) >= 11 is 1.33. The number of carbonyl (C=O) groups is 1. The molecule has 1 saturated carbocycles. The minimum absolute atomic E-state index is 0.0987. The van der Waals surface area contributed by atoms with Crippen molar-refractivity contribution in [2.45, 2.75) is 31.2 Å². The monoisotopic (exact) mass is 366 g/mol. The van der Waals surface area contributed by atoms with Crippen LogP contribution in [0.1, 0.15) is 30.3 Å². The van der Waals surface area contributed by atoms with Crippen molar-refractivity contribution < 1.29 is 13.2 Å². The molecular formula is C15H18N4O3S2. The van der Waals surface area contributed by atoms with E-state index in [1.54, 1.807) is 0 Å². The van der Waals surface area contributed by atoms with E-state index in [1.807, 2.05) is 18.2 Å². The number of amides is 1. The van der Waals surface area contributed by atoms with Crippen LogP contribution in [0.2, 0.25) is 0 Å². The molecule has 0 spiro atoms. The van der Waals surface area contributed by atoms with Crippen molar-refractivity contribution >= 4 is 32.4 Å². The van der Waals surface area contributed by atoms with Crippen LogP contribution in [0.15, 0.2) is 30.3 Å². The standard InChI is InChI=1S/C15H18N4O3S2/c1-10(19-24(2,21)22)12(20)16-14-18-17-13(23-14)15(8-9-15)11-6-4-3-5-7-11/h3-7,10,19H,8-9H2,1-2H3,(H,16,18,20). The SMILES string of the molecule is CC(NS(C)(=O)=O)C(=O)Nc1nnc(C2(c3ccccc3)CC2)s1. The third-order valence-electron chi connectivity index (χ3n) is 3.93. The van der Waals surface area contributed by atoms with Crippen molar-refractivity contribution in [2.24, 2.45) is 0 Å². The molecule has 3 rings (SSSR count). The Morgan fingerprint density at radius 3 is 2.50 bits per heavy atom. The lowest BCUT2D eigenvalue weighted by atomic mass is 9.97. The van der Waals surface area contributed by atoms with Crippen molar-refractivity contribution in [3.8, 4) is 0 Å². The molecule has 7 nitrogen and oxygen atoms in total. The Morgan fingerprint density at radius 1 is 1.25 bits per heavy atom. The Balaban J connectivity index is 1.72. The molecule has 1 aromatic heterocycles. The Morgan fingerprint density at radius 2 is 1.92 bits per heavy atom. The fraction of sp³-hybridized carbons (Fsp3) is 0.400. The zero-order chi connectivity index (χ0) is 17.4. The van der Waals surface area contributed by atoms with Crippen molar-refractivity contribution in [3.63, 3.8) is 0 Å². The second-order valence-corrected chi connectivity index (χ2v) is 8.72. The van der Waals surface area contributed by atoms with Crippen LogP contribution in [0.3, 0.4) is 0 Å². The lowest BCUT2D eigenvalue weighted by Crippen LogP contribution is -2.40. The summed E-state index contributed by atoms with van der Waals surface area (Å²) in [6, 6.07) is 9.24. The van der Waals surface area contributed by atoms with Crippen molar-refractivity contribution in [2.75, 3.05) is 11.6 Å². The average molecular weight is 366 g/mol. The van der Waals surface area contributed by atoms with E-state index in [-0.39, 0.29) is 5.41 Å². The molecule has 0 bridgehead atoms. The molecule has 128 valence electrons. The third kappa shape index (κ3) is 3.63. The first-order valence-electron chi connectivity index (χ1n) is 7.48. The summed E-state index contributed by atoms with van der Waals surface area (Å²) in [4.78, 5) is 12.0. The maximum atomic E-state index is 12.0. The Kier molecular flexibility index (Phi) is 4.41. The summed E-state index contributed by atoms with van der Waals surface area (Å²) in [7, 11) is -3.45. The van der Waals surface area contributed by atoms with Gasteiger partial charge in [-0.1, -0.05) is 41.7 Å².